The van der Waals surface area contributed by atoms with Crippen molar-refractivity contribution in [3.63, 3.8) is 0 Å². The highest BCUT2D eigenvalue weighted by Gasteiger charge is 2.31. The van der Waals surface area contributed by atoms with Crippen LogP contribution in [-0.2, 0) is 4.79 Å². The molecular weight excluding hydrogens is 325 g/mol. The molecule has 1 fully saturated rings. The smallest absolute Gasteiger partial charge is 0.225 e. The number of rotatable bonds is 3. The summed E-state index contributed by atoms with van der Waals surface area (Å²) in [5.74, 6) is 0.687. The Morgan fingerprint density at radius 2 is 2.14 bits per heavy atom. The van der Waals surface area contributed by atoms with Gasteiger partial charge in [0.25, 0.3) is 0 Å². The highest BCUT2D eigenvalue weighted by Crippen LogP contribution is 2.25. The van der Waals surface area contributed by atoms with Crippen molar-refractivity contribution in [3.8, 4) is 0 Å². The third-order valence-corrected chi connectivity index (χ3v) is 3.99. The van der Waals surface area contributed by atoms with Crippen molar-refractivity contribution in [2.45, 2.75) is 38.3 Å². The highest BCUT2D eigenvalue weighted by atomic mass is 35.5. The minimum Gasteiger partial charge on any atom is -0.346 e. The van der Waals surface area contributed by atoms with Gasteiger partial charge in [-0.15, -0.1) is 35.0 Å². The van der Waals surface area contributed by atoms with Crippen LogP contribution in [-0.4, -0.2) is 26.5 Å². The van der Waals surface area contributed by atoms with Gasteiger partial charge in [0.05, 0.1) is 12.0 Å². The predicted octanol–water partition coefficient (Wildman–Crippen LogP) is 1.88. The van der Waals surface area contributed by atoms with E-state index in [9.17, 15) is 4.79 Å². The molecule has 0 bridgehead atoms. The van der Waals surface area contributed by atoms with Gasteiger partial charge in [-0.2, -0.15) is 0 Å². The van der Waals surface area contributed by atoms with Crippen molar-refractivity contribution in [1.82, 2.24) is 19.9 Å². The van der Waals surface area contributed by atoms with Gasteiger partial charge in [-0.1, -0.05) is 12.5 Å². The van der Waals surface area contributed by atoms with Crippen LogP contribution in [0.15, 0.2) is 24.4 Å². The molecule has 2 aromatic heterocycles. The molecule has 3 N–H and O–H groups in total. The Hall–Kier alpha value is -1.37. The molecular formula is C14H21Cl2N5O. The van der Waals surface area contributed by atoms with Gasteiger partial charge in [-0.25, -0.2) is 0 Å². The number of nitrogens with two attached hydrogens (primary N) is 1. The molecule has 3 unspecified atom stereocenters. The first-order chi connectivity index (χ1) is 9.66. The minimum atomic E-state index is -0.187. The lowest BCUT2D eigenvalue weighted by molar-refractivity contribution is -0.125. The Balaban J connectivity index is 0.00000121. The molecule has 0 radical (unpaired) electrons. The Kier molecular flexibility index (Phi) is 6.59. The molecule has 0 aliphatic heterocycles. The van der Waals surface area contributed by atoms with E-state index in [1.807, 2.05) is 35.7 Å². The van der Waals surface area contributed by atoms with Crippen LogP contribution in [0.25, 0.3) is 5.65 Å². The molecule has 2 aromatic rings. The second-order valence-corrected chi connectivity index (χ2v) is 5.42. The maximum absolute atomic E-state index is 12.2. The average Bonchev–Trinajstić information content (AvgIpc) is 3.04. The van der Waals surface area contributed by atoms with E-state index in [-0.39, 0.29) is 48.7 Å². The summed E-state index contributed by atoms with van der Waals surface area (Å²) in [7, 11) is 0. The molecule has 1 saturated carbocycles. The zero-order valence-corrected chi connectivity index (χ0v) is 13.9. The highest BCUT2D eigenvalue weighted by molar-refractivity contribution is 5.85. The van der Waals surface area contributed by atoms with Crippen molar-refractivity contribution in [2.75, 3.05) is 0 Å². The normalized spacial score (nSPS) is 21.7. The van der Waals surface area contributed by atoms with Crippen LogP contribution in [0.3, 0.4) is 0 Å². The molecule has 0 spiro atoms. The van der Waals surface area contributed by atoms with Gasteiger partial charge in [0.15, 0.2) is 11.5 Å². The van der Waals surface area contributed by atoms with Crippen LogP contribution in [0.2, 0.25) is 0 Å². The summed E-state index contributed by atoms with van der Waals surface area (Å²) >= 11 is 0. The zero-order valence-electron chi connectivity index (χ0n) is 12.3. The Bertz CT molecular complexity index is 632. The molecule has 1 aliphatic carbocycles. The first-order valence-corrected chi connectivity index (χ1v) is 7.02. The maximum Gasteiger partial charge on any atom is 0.225 e. The van der Waals surface area contributed by atoms with Gasteiger partial charge in [0.1, 0.15) is 0 Å². The fourth-order valence-electron chi connectivity index (χ4n) is 2.85. The predicted molar refractivity (Wildman–Crippen MR) is 89.4 cm³/mol. The van der Waals surface area contributed by atoms with Gasteiger partial charge < -0.3 is 11.1 Å². The number of carbonyl (C=O) groups excluding carboxylic acids is 1. The van der Waals surface area contributed by atoms with Crippen molar-refractivity contribution in [2.24, 2.45) is 11.7 Å². The lowest BCUT2D eigenvalue weighted by atomic mass is 10.0. The van der Waals surface area contributed by atoms with Crippen molar-refractivity contribution in [3.05, 3.63) is 30.2 Å². The largest absolute Gasteiger partial charge is 0.346 e. The molecule has 22 heavy (non-hydrogen) atoms. The number of halogens is 2. The first kappa shape index (κ1) is 18.7. The van der Waals surface area contributed by atoms with Crippen LogP contribution < -0.4 is 11.1 Å². The first-order valence-electron chi connectivity index (χ1n) is 7.02. The molecule has 0 aromatic carbocycles. The van der Waals surface area contributed by atoms with Crippen molar-refractivity contribution >= 4 is 36.4 Å². The summed E-state index contributed by atoms with van der Waals surface area (Å²) in [5.41, 5.74) is 6.75. The summed E-state index contributed by atoms with van der Waals surface area (Å²) in [4.78, 5) is 12.2. The summed E-state index contributed by atoms with van der Waals surface area (Å²) in [5, 5.41) is 11.3. The molecule has 6 nitrogen and oxygen atoms in total. The molecule has 2 heterocycles. The monoisotopic (exact) mass is 345 g/mol. The van der Waals surface area contributed by atoms with Gasteiger partial charge >= 0.3 is 0 Å². The topological polar surface area (TPSA) is 85.3 Å². The number of hydrogen-bond donors (Lipinski definition) is 2. The number of pyridine rings is 1. The number of hydrogen-bond acceptors (Lipinski definition) is 4. The second-order valence-electron chi connectivity index (χ2n) is 5.42. The quantitative estimate of drug-likeness (QED) is 0.889. The summed E-state index contributed by atoms with van der Waals surface area (Å²) in [6.45, 7) is 1.92. The van der Waals surface area contributed by atoms with Gasteiger partial charge in [0, 0.05) is 12.2 Å². The van der Waals surface area contributed by atoms with Crippen LogP contribution in [0, 0.1) is 5.92 Å². The lowest BCUT2D eigenvalue weighted by Crippen LogP contribution is -2.40. The molecule has 1 amide bonds. The number of nitrogens with one attached hydrogen (secondary N) is 1. The van der Waals surface area contributed by atoms with Crippen molar-refractivity contribution in [1.29, 1.82) is 0 Å². The van der Waals surface area contributed by atoms with Crippen LogP contribution in [0.5, 0.6) is 0 Å². The van der Waals surface area contributed by atoms with E-state index >= 15 is 0 Å². The molecule has 1 aliphatic rings. The van der Waals surface area contributed by atoms with Gasteiger partial charge in [-0.3, -0.25) is 9.20 Å². The maximum atomic E-state index is 12.2. The van der Waals surface area contributed by atoms with Crippen LogP contribution in [0.4, 0.5) is 0 Å². The van der Waals surface area contributed by atoms with E-state index in [4.69, 9.17) is 5.73 Å². The fraction of sp³-hybridized carbons (Fsp3) is 0.500. The third-order valence-electron chi connectivity index (χ3n) is 3.99. The van der Waals surface area contributed by atoms with Gasteiger partial charge in [0.2, 0.25) is 5.91 Å². The number of aromatic nitrogens is 3. The molecule has 3 atom stereocenters. The standard InChI is InChI=1S/C14H19N5O.2ClH/c1-9(16-14(20)10-5-4-6-11(10)15)13-18-17-12-7-2-3-8-19(12)13;;/h2-3,7-11H,4-6,15H2,1H3,(H,16,20);2*1H. The second kappa shape index (κ2) is 7.76. The Morgan fingerprint density at radius 1 is 1.36 bits per heavy atom. The van der Waals surface area contributed by atoms with E-state index in [2.05, 4.69) is 15.5 Å². The molecule has 0 saturated heterocycles. The van der Waals surface area contributed by atoms with E-state index < -0.39 is 0 Å². The minimum absolute atomic E-state index is 0. The summed E-state index contributed by atoms with van der Waals surface area (Å²) in [6.07, 6.45) is 4.73. The van der Waals surface area contributed by atoms with E-state index in [1.54, 1.807) is 0 Å². The number of fused-ring (bicyclic) bond motifs is 1. The number of nitrogens with zero attached hydrogens (tertiary/aromatic N) is 3. The average molecular weight is 346 g/mol. The van der Waals surface area contributed by atoms with E-state index in [0.717, 1.165) is 30.7 Å². The third kappa shape index (κ3) is 3.51. The summed E-state index contributed by atoms with van der Waals surface area (Å²) in [6, 6.07) is 5.51. The Morgan fingerprint density at radius 3 is 2.82 bits per heavy atom. The molecule has 3 rings (SSSR count). The van der Waals surface area contributed by atoms with Crippen LogP contribution in [0.1, 0.15) is 38.1 Å². The Labute approximate surface area is 141 Å². The SMILES string of the molecule is CC(NC(=O)C1CCCC1N)c1nnc2ccccn12.Cl.Cl. The van der Waals surface area contributed by atoms with Crippen molar-refractivity contribution < 1.29 is 4.79 Å². The fourth-order valence-corrected chi connectivity index (χ4v) is 2.85. The lowest BCUT2D eigenvalue weighted by Gasteiger charge is -2.18. The van der Waals surface area contributed by atoms with E-state index in [1.165, 1.54) is 0 Å². The van der Waals surface area contributed by atoms with Gasteiger partial charge in [-0.05, 0) is 31.9 Å². The molecule has 8 heteroatoms. The van der Waals surface area contributed by atoms with E-state index in [0.29, 0.717) is 0 Å². The number of amides is 1. The zero-order chi connectivity index (χ0) is 14.1. The summed E-state index contributed by atoms with van der Waals surface area (Å²) < 4.78 is 1.89. The van der Waals surface area contributed by atoms with Crippen LogP contribution >= 0.6 is 24.8 Å². The number of carbonyl (C=O) groups is 1. The molecule has 122 valence electrons.